The average molecular weight is 524 g/mol. The first-order valence-corrected chi connectivity index (χ1v) is 12.8. The zero-order valence-electron chi connectivity index (χ0n) is 21.6. The van der Waals surface area contributed by atoms with Gasteiger partial charge in [-0.05, 0) is 68.2 Å². The van der Waals surface area contributed by atoms with Crippen molar-refractivity contribution >= 4 is 17.6 Å². The van der Waals surface area contributed by atoms with E-state index in [1.807, 2.05) is 30.3 Å². The second-order valence-corrected chi connectivity index (χ2v) is 9.73. The quantitative estimate of drug-likeness (QED) is 0.217. The zero-order valence-corrected chi connectivity index (χ0v) is 21.6. The van der Waals surface area contributed by atoms with Gasteiger partial charge in [0.2, 0.25) is 5.88 Å². The van der Waals surface area contributed by atoms with Crippen LogP contribution in [0, 0.1) is 17.2 Å². The van der Waals surface area contributed by atoms with Crippen molar-refractivity contribution in [2.45, 2.75) is 31.8 Å². The number of para-hydroxylation sites is 1. The molecule has 1 aromatic carbocycles. The number of fused-ring (bicyclic) bond motifs is 1. The lowest BCUT2D eigenvalue weighted by molar-refractivity contribution is -0.138. The number of primary amides is 1. The molecule has 1 saturated carbocycles. The molecule has 3 aliphatic rings. The molecule has 2 N–H and O–H groups in total. The van der Waals surface area contributed by atoms with Crippen molar-refractivity contribution in [3.05, 3.63) is 96.0 Å². The highest BCUT2D eigenvalue weighted by Crippen LogP contribution is 2.39. The van der Waals surface area contributed by atoms with E-state index in [9.17, 15) is 14.9 Å². The fraction of sp³-hybridized carbons (Fsp3) is 0.267. The maximum atomic E-state index is 12.8. The lowest BCUT2D eigenvalue weighted by Gasteiger charge is -2.62. The zero-order chi connectivity index (χ0) is 27.5. The number of benzene rings is 1. The fourth-order valence-electron chi connectivity index (χ4n) is 4.57. The number of anilines is 1. The van der Waals surface area contributed by atoms with Gasteiger partial charge in [0.15, 0.2) is 0 Å². The first kappa shape index (κ1) is 25.8. The largest absolute Gasteiger partial charge is 0.457 e. The highest BCUT2D eigenvalue weighted by molar-refractivity contribution is 5.98. The Bertz CT molecular complexity index is 1430. The minimum absolute atomic E-state index is 0.0316. The topological polar surface area (TPSA) is 122 Å². The molecular weight excluding hydrogens is 494 g/mol. The van der Waals surface area contributed by atoms with E-state index in [-0.39, 0.29) is 35.0 Å². The molecule has 39 heavy (non-hydrogen) atoms. The molecule has 2 amide bonds. The number of nitrogens with two attached hydrogens (primary N) is 1. The summed E-state index contributed by atoms with van der Waals surface area (Å²) in [5.74, 6) is 1.89. The standard InChI is InChI=1S/C30H29N5O4/c1-3-22(39-23-7-5-4-6-8-23)12-9-19(2)38-29-24(28(32)36)13-14-27(33-29)34-17-26-25(34)18-35(26)30(37)21(16-31)15-20-10-11-20/h3-9,12-15,20,25-26H,1,10-11,17-18H2,2H3,(H2,32,36)/b19-9+,21-15+,22-12+/t25-,26?/m1/s1. The highest BCUT2D eigenvalue weighted by atomic mass is 16.5. The van der Waals surface area contributed by atoms with Gasteiger partial charge in [-0.25, -0.2) is 0 Å². The maximum Gasteiger partial charge on any atom is 0.264 e. The van der Waals surface area contributed by atoms with E-state index < -0.39 is 5.91 Å². The Labute approximate surface area is 227 Å². The summed E-state index contributed by atoms with van der Waals surface area (Å²) in [5, 5.41) is 9.41. The molecule has 0 bridgehead atoms. The van der Waals surface area contributed by atoms with Crippen LogP contribution in [0.25, 0.3) is 0 Å². The summed E-state index contributed by atoms with van der Waals surface area (Å²) < 4.78 is 11.7. The number of aromatic nitrogens is 1. The van der Waals surface area contributed by atoms with Crippen molar-refractivity contribution < 1.29 is 19.1 Å². The second kappa shape index (κ2) is 10.9. The van der Waals surface area contributed by atoms with E-state index in [4.69, 9.17) is 15.2 Å². The Hall–Kier alpha value is -4.84. The average Bonchev–Trinajstić information content (AvgIpc) is 3.75. The number of allylic oxidation sites excluding steroid dienone is 5. The van der Waals surface area contributed by atoms with Gasteiger partial charge in [0.25, 0.3) is 11.8 Å². The highest BCUT2D eigenvalue weighted by Gasteiger charge is 2.54. The number of carbonyl (C=O) groups is 2. The third-order valence-corrected chi connectivity index (χ3v) is 6.97. The molecule has 0 spiro atoms. The Morgan fingerprint density at radius 3 is 2.49 bits per heavy atom. The van der Waals surface area contributed by atoms with Crippen LogP contribution >= 0.6 is 0 Å². The van der Waals surface area contributed by atoms with Crippen LogP contribution in [0.1, 0.15) is 30.1 Å². The molecule has 1 aliphatic carbocycles. The fourth-order valence-corrected chi connectivity index (χ4v) is 4.57. The lowest BCUT2D eigenvalue weighted by atomic mass is 9.84. The van der Waals surface area contributed by atoms with E-state index in [0.717, 1.165) is 12.8 Å². The van der Waals surface area contributed by atoms with Gasteiger partial charge in [-0.3, -0.25) is 9.59 Å². The van der Waals surface area contributed by atoms with E-state index in [1.165, 1.54) is 0 Å². The molecule has 2 saturated heterocycles. The van der Waals surface area contributed by atoms with Crippen molar-refractivity contribution in [1.29, 1.82) is 5.26 Å². The van der Waals surface area contributed by atoms with Gasteiger partial charge >= 0.3 is 0 Å². The molecule has 1 unspecified atom stereocenters. The van der Waals surface area contributed by atoms with E-state index in [2.05, 4.69) is 22.5 Å². The van der Waals surface area contributed by atoms with Gasteiger partial charge in [-0.1, -0.05) is 30.9 Å². The molecule has 9 nitrogen and oxygen atoms in total. The number of piperazine rings is 1. The van der Waals surface area contributed by atoms with Crippen LogP contribution in [0.15, 0.2) is 90.4 Å². The summed E-state index contributed by atoms with van der Waals surface area (Å²) in [6.07, 6.45) is 8.86. The van der Waals surface area contributed by atoms with E-state index >= 15 is 0 Å². The monoisotopic (exact) mass is 523 g/mol. The molecule has 0 radical (unpaired) electrons. The molecule has 3 fully saturated rings. The second-order valence-electron chi connectivity index (χ2n) is 9.73. The van der Waals surface area contributed by atoms with Crippen molar-refractivity contribution in [2.75, 3.05) is 18.0 Å². The molecule has 198 valence electrons. The van der Waals surface area contributed by atoms with Gasteiger partial charge in [-0.2, -0.15) is 10.2 Å². The first-order valence-electron chi connectivity index (χ1n) is 12.8. The summed E-state index contributed by atoms with van der Waals surface area (Å²) >= 11 is 0. The summed E-state index contributed by atoms with van der Waals surface area (Å²) in [4.78, 5) is 33.2. The van der Waals surface area contributed by atoms with Crippen LogP contribution in [0.2, 0.25) is 0 Å². The lowest BCUT2D eigenvalue weighted by Crippen LogP contribution is -2.80. The van der Waals surface area contributed by atoms with E-state index in [0.29, 0.717) is 42.1 Å². The number of hydrogen-bond donors (Lipinski definition) is 1. The molecule has 1 aromatic heterocycles. The van der Waals surface area contributed by atoms with Crippen LogP contribution in [-0.4, -0.2) is 46.9 Å². The van der Waals surface area contributed by atoms with Crippen LogP contribution in [0.3, 0.4) is 0 Å². The van der Waals surface area contributed by atoms with Gasteiger partial charge in [0.05, 0.1) is 12.1 Å². The van der Waals surface area contributed by atoms with Crippen molar-refractivity contribution in [1.82, 2.24) is 9.88 Å². The van der Waals surface area contributed by atoms with Gasteiger partial charge in [0, 0.05) is 13.1 Å². The normalized spacial score (nSPS) is 20.7. The maximum absolute atomic E-state index is 12.8. The summed E-state index contributed by atoms with van der Waals surface area (Å²) in [5.41, 5.74) is 5.97. The Morgan fingerprint density at radius 2 is 1.87 bits per heavy atom. The molecular formula is C30H29N5O4. The van der Waals surface area contributed by atoms with Crippen LogP contribution in [0.4, 0.5) is 5.82 Å². The number of carbonyl (C=O) groups excluding carboxylic acids is 2. The smallest absolute Gasteiger partial charge is 0.264 e. The molecule has 2 aromatic rings. The predicted molar refractivity (Wildman–Crippen MR) is 146 cm³/mol. The Balaban J connectivity index is 1.26. The van der Waals surface area contributed by atoms with Crippen LogP contribution in [-0.2, 0) is 4.79 Å². The SMILES string of the molecule is C=C/C(=C\C=C(/C)Oc1nc(N2CC3[C@H]2CN3C(=O)/C(C#N)=C/C2CC2)ccc1C(N)=O)Oc1ccccc1. The number of pyridine rings is 1. The summed E-state index contributed by atoms with van der Waals surface area (Å²) in [6.45, 7) is 6.61. The summed E-state index contributed by atoms with van der Waals surface area (Å²) in [6, 6.07) is 14.8. The minimum atomic E-state index is -0.653. The number of nitriles is 1. The molecule has 9 heteroatoms. The number of likely N-dealkylation sites (tertiary alicyclic amines) is 1. The number of nitrogens with zero attached hydrogens (tertiary/aromatic N) is 4. The van der Waals surface area contributed by atoms with Crippen molar-refractivity contribution in [3.8, 4) is 17.7 Å². The number of amides is 2. The van der Waals surface area contributed by atoms with Crippen LogP contribution in [0.5, 0.6) is 11.6 Å². The van der Waals surface area contributed by atoms with Gasteiger partial charge in [0.1, 0.15) is 40.3 Å². The molecule has 3 heterocycles. The Morgan fingerprint density at radius 1 is 1.10 bits per heavy atom. The minimum Gasteiger partial charge on any atom is -0.457 e. The third kappa shape index (κ3) is 5.55. The predicted octanol–water partition coefficient (Wildman–Crippen LogP) is 3.87. The number of ether oxygens (including phenoxy) is 2. The Kier molecular flexibility index (Phi) is 7.19. The number of rotatable bonds is 10. The third-order valence-electron chi connectivity index (χ3n) is 6.97. The van der Waals surface area contributed by atoms with Gasteiger partial charge in [-0.15, -0.1) is 0 Å². The van der Waals surface area contributed by atoms with Crippen molar-refractivity contribution in [2.24, 2.45) is 11.7 Å². The molecule has 5 rings (SSSR count). The molecule has 2 atom stereocenters. The van der Waals surface area contributed by atoms with E-state index in [1.54, 1.807) is 48.3 Å². The first-order chi connectivity index (χ1) is 18.9. The van der Waals surface area contributed by atoms with Crippen molar-refractivity contribution in [3.63, 3.8) is 0 Å². The molecule has 2 aliphatic heterocycles. The number of hydrogen-bond acceptors (Lipinski definition) is 7. The van der Waals surface area contributed by atoms with Crippen LogP contribution < -0.4 is 20.1 Å². The van der Waals surface area contributed by atoms with Gasteiger partial charge < -0.3 is 25.0 Å². The summed E-state index contributed by atoms with van der Waals surface area (Å²) in [7, 11) is 0.